The van der Waals surface area contributed by atoms with Gasteiger partial charge in [0.2, 0.25) is 0 Å². The summed E-state index contributed by atoms with van der Waals surface area (Å²) in [6, 6.07) is 12.6. The molecule has 0 radical (unpaired) electrons. The second-order valence-electron chi connectivity index (χ2n) is 5.88. The average Bonchev–Trinajstić information content (AvgIpc) is 3.09. The van der Waals surface area contributed by atoms with E-state index >= 15 is 0 Å². The first-order valence-corrected chi connectivity index (χ1v) is 8.78. The number of carbonyl (C=O) groups is 2. The highest BCUT2D eigenvalue weighted by Crippen LogP contribution is 2.23. The number of aromatic amines is 1. The Bertz CT molecular complexity index is 968. The summed E-state index contributed by atoms with van der Waals surface area (Å²) in [6.45, 7) is 0.0705. The first kappa shape index (κ1) is 18.8. The lowest BCUT2D eigenvalue weighted by Crippen LogP contribution is -2.30. The predicted octanol–water partition coefficient (Wildman–Crippen LogP) is 3.35. The number of halogens is 1. The van der Waals surface area contributed by atoms with Crippen LogP contribution in [0.25, 0.3) is 10.9 Å². The van der Waals surface area contributed by atoms with Gasteiger partial charge in [0.15, 0.2) is 6.61 Å². The zero-order chi connectivity index (χ0) is 19.2. The van der Waals surface area contributed by atoms with Crippen molar-refractivity contribution in [2.45, 2.75) is 6.42 Å². The number of aromatic nitrogens is 1. The van der Waals surface area contributed by atoms with Crippen LogP contribution < -0.4 is 10.1 Å². The molecule has 0 aliphatic carbocycles. The molecule has 0 bridgehead atoms. The quantitative estimate of drug-likeness (QED) is 0.610. The Balaban J connectivity index is 1.48. The summed E-state index contributed by atoms with van der Waals surface area (Å²) in [6.07, 6.45) is 2.61. The molecular weight excluding hydrogens is 368 g/mol. The monoisotopic (exact) mass is 386 g/mol. The van der Waals surface area contributed by atoms with Crippen molar-refractivity contribution in [1.29, 1.82) is 0 Å². The fourth-order valence-electron chi connectivity index (χ4n) is 2.77. The maximum atomic E-state index is 12.1. The number of rotatable bonds is 7. The molecule has 1 amide bonds. The third-order valence-corrected chi connectivity index (χ3v) is 4.34. The third kappa shape index (κ3) is 4.60. The molecule has 1 aromatic heterocycles. The van der Waals surface area contributed by atoms with Gasteiger partial charge in [0.1, 0.15) is 11.3 Å². The van der Waals surface area contributed by atoms with E-state index in [2.05, 4.69) is 10.3 Å². The number of carbonyl (C=O) groups excluding carboxylic acids is 2. The van der Waals surface area contributed by atoms with Crippen LogP contribution in [0.15, 0.2) is 48.7 Å². The third-order valence-electron chi connectivity index (χ3n) is 4.11. The summed E-state index contributed by atoms with van der Waals surface area (Å²) in [7, 11) is 1.44. The van der Waals surface area contributed by atoms with Gasteiger partial charge in [-0.2, -0.15) is 0 Å². The maximum absolute atomic E-state index is 12.1. The Hall–Kier alpha value is -2.99. The van der Waals surface area contributed by atoms with E-state index in [-0.39, 0.29) is 18.1 Å². The highest BCUT2D eigenvalue weighted by molar-refractivity contribution is 6.31. The molecule has 2 aromatic carbocycles. The van der Waals surface area contributed by atoms with Crippen LogP contribution in [-0.2, 0) is 16.0 Å². The minimum atomic E-state index is -0.666. The van der Waals surface area contributed by atoms with Gasteiger partial charge in [-0.25, -0.2) is 4.79 Å². The minimum Gasteiger partial charge on any atom is -0.496 e. The van der Waals surface area contributed by atoms with Crippen LogP contribution in [0.1, 0.15) is 15.9 Å². The molecule has 0 unspecified atom stereocenters. The molecule has 0 aliphatic rings. The van der Waals surface area contributed by atoms with Crippen LogP contribution in [0.2, 0.25) is 5.02 Å². The van der Waals surface area contributed by atoms with E-state index in [1.54, 1.807) is 12.1 Å². The number of ether oxygens (including phenoxy) is 2. The lowest BCUT2D eigenvalue weighted by molar-refractivity contribution is -0.124. The van der Waals surface area contributed by atoms with E-state index in [0.717, 1.165) is 16.5 Å². The van der Waals surface area contributed by atoms with Crippen LogP contribution in [0.5, 0.6) is 5.75 Å². The van der Waals surface area contributed by atoms with Crippen LogP contribution in [0.3, 0.4) is 0 Å². The zero-order valence-corrected chi connectivity index (χ0v) is 15.5. The Labute approximate surface area is 161 Å². The number of H-pyrrole nitrogens is 1. The molecule has 1 heterocycles. The number of fused-ring (bicyclic) bond motifs is 1. The minimum absolute atomic E-state index is 0.177. The van der Waals surface area contributed by atoms with Crippen molar-refractivity contribution >= 4 is 34.4 Å². The number of hydrogen-bond donors (Lipinski definition) is 2. The molecule has 7 heteroatoms. The van der Waals surface area contributed by atoms with Crippen LogP contribution in [-0.4, -0.2) is 37.1 Å². The van der Waals surface area contributed by atoms with Gasteiger partial charge in [-0.1, -0.05) is 29.8 Å². The molecule has 3 aromatic rings. The van der Waals surface area contributed by atoms with Gasteiger partial charge >= 0.3 is 5.97 Å². The van der Waals surface area contributed by atoms with Crippen molar-refractivity contribution in [3.63, 3.8) is 0 Å². The SMILES string of the molecule is COc1ccc(Cl)cc1C(=O)OCC(=O)NCCc1c[nH]c2ccccc12. The van der Waals surface area contributed by atoms with Gasteiger partial charge in [0, 0.05) is 28.7 Å². The van der Waals surface area contributed by atoms with Gasteiger partial charge in [-0.05, 0) is 36.2 Å². The van der Waals surface area contributed by atoms with Crippen molar-refractivity contribution in [1.82, 2.24) is 10.3 Å². The molecular formula is C20H19ClN2O4. The number of amides is 1. The van der Waals surface area contributed by atoms with Gasteiger partial charge in [0.25, 0.3) is 5.91 Å². The van der Waals surface area contributed by atoms with E-state index < -0.39 is 5.97 Å². The van der Waals surface area contributed by atoms with Crippen molar-refractivity contribution in [2.24, 2.45) is 0 Å². The smallest absolute Gasteiger partial charge is 0.342 e. The molecule has 140 valence electrons. The normalized spacial score (nSPS) is 10.6. The molecule has 0 saturated heterocycles. The average molecular weight is 387 g/mol. The molecule has 0 fully saturated rings. The number of esters is 1. The Morgan fingerprint density at radius 3 is 2.81 bits per heavy atom. The Morgan fingerprint density at radius 1 is 1.19 bits per heavy atom. The highest BCUT2D eigenvalue weighted by atomic mass is 35.5. The first-order valence-electron chi connectivity index (χ1n) is 8.41. The summed E-state index contributed by atoms with van der Waals surface area (Å²) < 4.78 is 10.2. The molecule has 0 atom stereocenters. The lowest BCUT2D eigenvalue weighted by atomic mass is 10.1. The summed E-state index contributed by atoms with van der Waals surface area (Å²) in [5, 5.41) is 4.26. The molecule has 3 rings (SSSR count). The van der Waals surface area contributed by atoms with E-state index in [0.29, 0.717) is 23.7 Å². The van der Waals surface area contributed by atoms with E-state index in [1.807, 2.05) is 30.5 Å². The van der Waals surface area contributed by atoms with Crippen molar-refractivity contribution in [3.8, 4) is 5.75 Å². The predicted molar refractivity (Wildman–Crippen MR) is 103 cm³/mol. The largest absolute Gasteiger partial charge is 0.496 e. The maximum Gasteiger partial charge on any atom is 0.342 e. The molecule has 6 nitrogen and oxygen atoms in total. The van der Waals surface area contributed by atoms with Crippen LogP contribution >= 0.6 is 11.6 Å². The number of benzene rings is 2. The van der Waals surface area contributed by atoms with Crippen molar-refractivity contribution in [2.75, 3.05) is 20.3 Å². The lowest BCUT2D eigenvalue weighted by Gasteiger charge is -2.09. The molecule has 0 aliphatic heterocycles. The molecule has 0 saturated carbocycles. The Morgan fingerprint density at radius 2 is 2.00 bits per heavy atom. The van der Waals surface area contributed by atoms with Crippen molar-refractivity contribution < 1.29 is 19.1 Å². The molecule has 27 heavy (non-hydrogen) atoms. The summed E-state index contributed by atoms with van der Waals surface area (Å²) >= 11 is 5.89. The fourth-order valence-corrected chi connectivity index (χ4v) is 2.95. The van der Waals surface area contributed by atoms with E-state index in [4.69, 9.17) is 21.1 Å². The summed E-state index contributed by atoms with van der Waals surface area (Å²) in [4.78, 5) is 27.3. The van der Waals surface area contributed by atoms with E-state index in [9.17, 15) is 9.59 Å². The Kier molecular flexibility index (Phi) is 5.98. The zero-order valence-electron chi connectivity index (χ0n) is 14.8. The van der Waals surface area contributed by atoms with E-state index in [1.165, 1.54) is 13.2 Å². The summed E-state index contributed by atoms with van der Waals surface area (Å²) in [5.74, 6) is -0.700. The highest BCUT2D eigenvalue weighted by Gasteiger charge is 2.16. The number of hydrogen-bond acceptors (Lipinski definition) is 4. The number of para-hydroxylation sites is 1. The second kappa shape index (κ2) is 8.60. The van der Waals surface area contributed by atoms with Gasteiger partial charge in [0.05, 0.1) is 7.11 Å². The van der Waals surface area contributed by atoms with Crippen LogP contribution in [0.4, 0.5) is 0 Å². The van der Waals surface area contributed by atoms with Gasteiger partial charge in [-0.3, -0.25) is 4.79 Å². The molecule has 0 spiro atoms. The standard InChI is InChI=1S/C20H19ClN2O4/c1-26-18-7-6-14(21)10-16(18)20(25)27-12-19(24)22-9-8-13-11-23-17-5-3-2-4-15(13)17/h2-7,10-11,23H,8-9,12H2,1H3,(H,22,24). The van der Waals surface area contributed by atoms with Gasteiger partial charge in [-0.15, -0.1) is 0 Å². The van der Waals surface area contributed by atoms with Crippen molar-refractivity contribution in [3.05, 3.63) is 64.8 Å². The van der Waals surface area contributed by atoms with Crippen LogP contribution in [0, 0.1) is 0 Å². The number of nitrogens with one attached hydrogen (secondary N) is 2. The summed E-state index contributed by atoms with van der Waals surface area (Å²) in [5.41, 5.74) is 2.35. The second-order valence-corrected chi connectivity index (χ2v) is 6.32. The topological polar surface area (TPSA) is 80.4 Å². The van der Waals surface area contributed by atoms with Gasteiger partial charge < -0.3 is 19.8 Å². The molecule has 2 N–H and O–H groups in total. The number of methoxy groups -OCH3 is 1. The first-order chi connectivity index (χ1) is 13.1. The fraction of sp³-hybridized carbons (Fsp3) is 0.200.